The van der Waals surface area contributed by atoms with E-state index in [0.29, 0.717) is 5.11 Å². The smallest absolute Gasteiger partial charge is 0.231 e. The zero-order valence-electron chi connectivity index (χ0n) is 9.82. The molecular weight excluding hydrogens is 196 g/mol. The molecule has 0 saturated carbocycles. The molecule has 0 aromatic rings. The minimum Gasteiger partial charge on any atom is -0.358 e. The number of carbonyl (C=O) groups is 1. The molecule has 0 fully saturated rings. The third-order valence-electron chi connectivity index (χ3n) is 1.40. The molecule has 0 atom stereocenters. The van der Waals surface area contributed by atoms with Gasteiger partial charge in [-0.1, -0.05) is 20.8 Å². The van der Waals surface area contributed by atoms with Gasteiger partial charge in [0.1, 0.15) is 0 Å². The summed E-state index contributed by atoms with van der Waals surface area (Å²) in [6, 6.07) is 0. The monoisotopic (exact) mass is 216 g/mol. The van der Waals surface area contributed by atoms with Crippen LogP contribution in [0.1, 0.15) is 41.5 Å². The summed E-state index contributed by atoms with van der Waals surface area (Å²) in [4.78, 5) is 11.5. The van der Waals surface area contributed by atoms with Gasteiger partial charge in [0, 0.05) is 11.0 Å². The van der Waals surface area contributed by atoms with E-state index in [9.17, 15) is 4.79 Å². The van der Waals surface area contributed by atoms with E-state index in [2.05, 4.69) is 10.6 Å². The van der Waals surface area contributed by atoms with Gasteiger partial charge < -0.3 is 10.6 Å². The molecule has 0 unspecified atom stereocenters. The molecule has 0 rings (SSSR count). The second-order valence-electron chi connectivity index (χ2n) is 5.41. The highest BCUT2D eigenvalue weighted by Gasteiger charge is 2.23. The molecular formula is C10H20N2OS. The summed E-state index contributed by atoms with van der Waals surface area (Å²) in [5, 5.41) is 6.07. The molecule has 0 radical (unpaired) electrons. The topological polar surface area (TPSA) is 41.1 Å². The average molecular weight is 216 g/mol. The number of thiocarbonyl (C=S) groups is 1. The fourth-order valence-electron chi connectivity index (χ4n) is 0.662. The zero-order valence-corrected chi connectivity index (χ0v) is 10.6. The Labute approximate surface area is 91.6 Å². The lowest BCUT2D eigenvalue weighted by atomic mass is 9.96. The van der Waals surface area contributed by atoms with E-state index in [4.69, 9.17) is 12.2 Å². The molecule has 2 N–H and O–H groups in total. The number of carbonyl (C=O) groups excluding carboxylic acids is 1. The van der Waals surface area contributed by atoms with Crippen molar-refractivity contribution in [2.45, 2.75) is 47.1 Å². The van der Waals surface area contributed by atoms with Crippen LogP contribution in [-0.4, -0.2) is 16.6 Å². The highest BCUT2D eigenvalue weighted by Crippen LogP contribution is 2.12. The molecule has 0 aliphatic rings. The number of hydrogen-bond acceptors (Lipinski definition) is 2. The Hall–Kier alpha value is -0.640. The van der Waals surface area contributed by atoms with Crippen LogP contribution in [0.15, 0.2) is 0 Å². The average Bonchev–Trinajstić information content (AvgIpc) is 1.79. The quantitative estimate of drug-likeness (QED) is 0.607. The first kappa shape index (κ1) is 13.4. The maximum absolute atomic E-state index is 11.5. The number of amides is 1. The Bertz CT molecular complexity index is 235. The molecule has 82 valence electrons. The third-order valence-corrected chi connectivity index (χ3v) is 1.60. The lowest BCUT2D eigenvalue weighted by Gasteiger charge is -2.25. The van der Waals surface area contributed by atoms with Crippen molar-refractivity contribution in [3.63, 3.8) is 0 Å². The zero-order chi connectivity index (χ0) is 11.6. The van der Waals surface area contributed by atoms with Gasteiger partial charge in [0.2, 0.25) is 5.91 Å². The van der Waals surface area contributed by atoms with E-state index >= 15 is 0 Å². The van der Waals surface area contributed by atoms with Crippen molar-refractivity contribution >= 4 is 23.2 Å². The standard InChI is InChI=1S/C10H20N2OS/c1-9(2,3)7(13)11-8(14)12-10(4,5)6/h1-6H3,(H2,11,12,13,14). The number of nitrogens with one attached hydrogen (secondary N) is 2. The van der Waals surface area contributed by atoms with Crippen molar-refractivity contribution in [3.8, 4) is 0 Å². The summed E-state index contributed by atoms with van der Waals surface area (Å²) in [6.45, 7) is 11.5. The van der Waals surface area contributed by atoms with Crippen LogP contribution in [0.2, 0.25) is 0 Å². The molecule has 0 saturated heterocycles. The lowest BCUT2D eigenvalue weighted by Crippen LogP contribution is -2.50. The van der Waals surface area contributed by atoms with Gasteiger partial charge in [0.15, 0.2) is 5.11 Å². The summed E-state index contributed by atoms with van der Waals surface area (Å²) in [6.07, 6.45) is 0. The van der Waals surface area contributed by atoms with Crippen molar-refractivity contribution in [3.05, 3.63) is 0 Å². The van der Waals surface area contributed by atoms with Gasteiger partial charge in [0.05, 0.1) is 0 Å². The van der Waals surface area contributed by atoms with E-state index in [1.807, 2.05) is 41.5 Å². The van der Waals surface area contributed by atoms with Gasteiger partial charge in [-0.05, 0) is 33.0 Å². The van der Waals surface area contributed by atoms with Gasteiger partial charge in [-0.15, -0.1) is 0 Å². The van der Waals surface area contributed by atoms with Crippen LogP contribution < -0.4 is 10.6 Å². The summed E-state index contributed by atoms with van der Waals surface area (Å²) in [5.74, 6) is -0.0701. The summed E-state index contributed by atoms with van der Waals surface area (Å²) < 4.78 is 0. The maximum Gasteiger partial charge on any atom is 0.231 e. The Morgan fingerprint density at radius 1 is 1.07 bits per heavy atom. The van der Waals surface area contributed by atoms with Crippen LogP contribution in [0.3, 0.4) is 0 Å². The van der Waals surface area contributed by atoms with Crippen molar-refractivity contribution in [2.24, 2.45) is 5.41 Å². The first-order chi connectivity index (χ1) is 6.02. The maximum atomic E-state index is 11.5. The molecule has 0 aliphatic carbocycles. The summed E-state index contributed by atoms with van der Waals surface area (Å²) in [7, 11) is 0. The minimum absolute atomic E-state index is 0.0701. The van der Waals surface area contributed by atoms with Crippen LogP contribution in [0.5, 0.6) is 0 Å². The van der Waals surface area contributed by atoms with Crippen LogP contribution in [0, 0.1) is 5.41 Å². The molecule has 0 aliphatic heterocycles. The minimum atomic E-state index is -0.413. The van der Waals surface area contributed by atoms with Crippen LogP contribution in [0.25, 0.3) is 0 Å². The van der Waals surface area contributed by atoms with Crippen LogP contribution in [0.4, 0.5) is 0 Å². The number of rotatable bonds is 0. The molecule has 0 aromatic heterocycles. The molecule has 4 heteroatoms. The predicted molar refractivity (Wildman–Crippen MR) is 63.1 cm³/mol. The Morgan fingerprint density at radius 2 is 1.50 bits per heavy atom. The predicted octanol–water partition coefficient (Wildman–Crippen LogP) is 1.82. The van der Waals surface area contributed by atoms with E-state index < -0.39 is 5.41 Å². The van der Waals surface area contributed by atoms with Gasteiger partial charge in [0.25, 0.3) is 0 Å². The Kier molecular flexibility index (Phi) is 4.06. The fraction of sp³-hybridized carbons (Fsp3) is 0.800. The van der Waals surface area contributed by atoms with Gasteiger partial charge in [-0.2, -0.15) is 0 Å². The highest BCUT2D eigenvalue weighted by molar-refractivity contribution is 7.80. The van der Waals surface area contributed by atoms with Crippen molar-refractivity contribution in [1.29, 1.82) is 0 Å². The highest BCUT2D eigenvalue weighted by atomic mass is 32.1. The van der Waals surface area contributed by atoms with Crippen LogP contribution in [-0.2, 0) is 4.79 Å². The number of hydrogen-bond donors (Lipinski definition) is 2. The molecule has 1 amide bonds. The summed E-state index contributed by atoms with van der Waals surface area (Å²) in [5.41, 5.74) is -0.536. The first-order valence-electron chi connectivity index (χ1n) is 4.66. The van der Waals surface area contributed by atoms with E-state index in [1.165, 1.54) is 0 Å². The first-order valence-corrected chi connectivity index (χ1v) is 5.07. The Balaban J connectivity index is 4.16. The van der Waals surface area contributed by atoms with E-state index in [-0.39, 0.29) is 11.4 Å². The largest absolute Gasteiger partial charge is 0.358 e. The van der Waals surface area contributed by atoms with E-state index in [1.54, 1.807) is 0 Å². The summed E-state index contributed by atoms with van der Waals surface area (Å²) >= 11 is 5.00. The van der Waals surface area contributed by atoms with Crippen molar-refractivity contribution in [1.82, 2.24) is 10.6 Å². The van der Waals surface area contributed by atoms with Gasteiger partial charge >= 0.3 is 0 Å². The molecule has 0 bridgehead atoms. The van der Waals surface area contributed by atoms with Crippen LogP contribution >= 0.6 is 12.2 Å². The second-order valence-corrected chi connectivity index (χ2v) is 5.82. The van der Waals surface area contributed by atoms with Crippen molar-refractivity contribution in [2.75, 3.05) is 0 Å². The Morgan fingerprint density at radius 3 is 1.79 bits per heavy atom. The normalized spacial score (nSPS) is 12.1. The van der Waals surface area contributed by atoms with Gasteiger partial charge in [-0.3, -0.25) is 4.79 Å². The third kappa shape index (κ3) is 5.91. The SMILES string of the molecule is CC(C)(C)NC(=S)NC(=O)C(C)(C)C. The van der Waals surface area contributed by atoms with E-state index in [0.717, 1.165) is 0 Å². The molecule has 3 nitrogen and oxygen atoms in total. The fourth-order valence-corrected chi connectivity index (χ4v) is 1.06. The molecule has 0 spiro atoms. The molecule has 0 heterocycles. The lowest BCUT2D eigenvalue weighted by molar-refractivity contribution is -0.126. The van der Waals surface area contributed by atoms with Crippen molar-refractivity contribution < 1.29 is 4.79 Å². The van der Waals surface area contributed by atoms with Gasteiger partial charge in [-0.25, -0.2) is 0 Å². The molecule has 14 heavy (non-hydrogen) atoms. The second kappa shape index (κ2) is 4.26. The molecule has 0 aromatic carbocycles.